The molecule has 0 aliphatic heterocycles. The van der Waals surface area contributed by atoms with Crippen LogP contribution in [-0.4, -0.2) is 14.8 Å². The van der Waals surface area contributed by atoms with Gasteiger partial charge >= 0.3 is 0 Å². The molecule has 100 valence electrons. The van der Waals surface area contributed by atoms with Gasteiger partial charge in [0.05, 0.1) is 17.6 Å². The van der Waals surface area contributed by atoms with Crippen molar-refractivity contribution in [1.29, 1.82) is 0 Å². The van der Waals surface area contributed by atoms with E-state index >= 15 is 0 Å². The number of thioether (sulfide) groups is 1. The second kappa shape index (κ2) is 5.79. The third-order valence-electron chi connectivity index (χ3n) is 2.83. The van der Waals surface area contributed by atoms with Gasteiger partial charge in [-0.2, -0.15) is 5.10 Å². The average Bonchev–Trinajstić information content (AvgIpc) is 2.96. The Labute approximate surface area is 121 Å². The number of benzene rings is 1. The molecule has 5 heteroatoms. The van der Waals surface area contributed by atoms with E-state index in [9.17, 15) is 0 Å². The molecule has 2 N–H and O–H groups in total. The van der Waals surface area contributed by atoms with Crippen LogP contribution in [0, 0.1) is 0 Å². The van der Waals surface area contributed by atoms with E-state index in [2.05, 4.69) is 10.1 Å². The summed E-state index contributed by atoms with van der Waals surface area (Å²) in [4.78, 5) is 4.27. The van der Waals surface area contributed by atoms with Crippen molar-refractivity contribution >= 4 is 17.4 Å². The van der Waals surface area contributed by atoms with Gasteiger partial charge in [0.2, 0.25) is 0 Å². The number of anilines is 1. The maximum Gasteiger partial charge on any atom is 0.119 e. The van der Waals surface area contributed by atoms with Crippen LogP contribution in [0.4, 0.5) is 5.69 Å². The summed E-state index contributed by atoms with van der Waals surface area (Å²) < 4.78 is 1.87. The van der Waals surface area contributed by atoms with Gasteiger partial charge in [-0.25, -0.2) is 9.67 Å². The zero-order valence-electron chi connectivity index (χ0n) is 10.8. The SMILES string of the molecule is Nc1cccnc1SCc1cnn(-c2ccccc2)c1. The first-order valence-electron chi connectivity index (χ1n) is 6.25. The zero-order chi connectivity index (χ0) is 13.8. The summed E-state index contributed by atoms with van der Waals surface area (Å²) in [7, 11) is 0. The highest BCUT2D eigenvalue weighted by atomic mass is 32.2. The van der Waals surface area contributed by atoms with Gasteiger partial charge in [-0.1, -0.05) is 30.0 Å². The van der Waals surface area contributed by atoms with Crippen molar-refractivity contribution in [2.75, 3.05) is 5.73 Å². The fourth-order valence-electron chi connectivity index (χ4n) is 1.83. The smallest absolute Gasteiger partial charge is 0.119 e. The number of hydrogen-bond donors (Lipinski definition) is 1. The van der Waals surface area contributed by atoms with E-state index in [0.29, 0.717) is 5.69 Å². The Morgan fingerprint density at radius 2 is 1.95 bits per heavy atom. The molecule has 0 spiro atoms. The van der Waals surface area contributed by atoms with Crippen molar-refractivity contribution in [2.45, 2.75) is 10.8 Å². The van der Waals surface area contributed by atoms with Crippen molar-refractivity contribution in [2.24, 2.45) is 0 Å². The molecule has 2 heterocycles. The largest absolute Gasteiger partial charge is 0.397 e. The maximum absolute atomic E-state index is 5.88. The number of nitrogens with zero attached hydrogens (tertiary/aromatic N) is 3. The molecule has 2 aromatic heterocycles. The molecule has 0 amide bonds. The summed E-state index contributed by atoms with van der Waals surface area (Å²) in [6, 6.07) is 13.8. The lowest BCUT2D eigenvalue weighted by Gasteiger charge is -2.02. The summed E-state index contributed by atoms with van der Waals surface area (Å²) >= 11 is 1.62. The van der Waals surface area contributed by atoms with Gasteiger partial charge in [-0.15, -0.1) is 0 Å². The van der Waals surface area contributed by atoms with E-state index in [0.717, 1.165) is 22.0 Å². The first-order chi connectivity index (χ1) is 9.83. The monoisotopic (exact) mass is 282 g/mol. The fourth-order valence-corrected chi connectivity index (χ4v) is 2.65. The Balaban J connectivity index is 1.71. The highest BCUT2D eigenvalue weighted by Gasteiger charge is 2.04. The van der Waals surface area contributed by atoms with Gasteiger partial charge in [-0.3, -0.25) is 0 Å². The summed E-state index contributed by atoms with van der Waals surface area (Å²) in [6.07, 6.45) is 5.66. The second-order valence-corrected chi connectivity index (χ2v) is 5.28. The molecule has 0 radical (unpaired) electrons. The molecular weight excluding hydrogens is 268 g/mol. The quantitative estimate of drug-likeness (QED) is 0.747. The van der Waals surface area contributed by atoms with Gasteiger partial charge < -0.3 is 5.73 Å². The van der Waals surface area contributed by atoms with E-state index in [1.54, 1.807) is 18.0 Å². The van der Waals surface area contributed by atoms with Crippen LogP contribution < -0.4 is 5.73 Å². The van der Waals surface area contributed by atoms with Gasteiger partial charge in [0.25, 0.3) is 0 Å². The number of pyridine rings is 1. The predicted molar refractivity (Wildman–Crippen MR) is 81.8 cm³/mol. The topological polar surface area (TPSA) is 56.7 Å². The van der Waals surface area contributed by atoms with Crippen molar-refractivity contribution < 1.29 is 0 Å². The lowest BCUT2D eigenvalue weighted by atomic mass is 10.3. The summed E-state index contributed by atoms with van der Waals surface area (Å²) in [5.74, 6) is 0.800. The van der Waals surface area contributed by atoms with Gasteiger partial charge in [0.15, 0.2) is 0 Å². The first-order valence-corrected chi connectivity index (χ1v) is 7.24. The van der Waals surface area contributed by atoms with Crippen LogP contribution in [0.15, 0.2) is 66.1 Å². The molecule has 1 aromatic carbocycles. The van der Waals surface area contributed by atoms with Gasteiger partial charge in [-0.05, 0) is 24.3 Å². The molecule has 0 aliphatic carbocycles. The van der Waals surface area contributed by atoms with Crippen molar-refractivity contribution in [3.8, 4) is 5.69 Å². The van der Waals surface area contributed by atoms with E-state index in [1.807, 2.05) is 59.5 Å². The second-order valence-electron chi connectivity index (χ2n) is 4.32. The van der Waals surface area contributed by atoms with Gasteiger partial charge in [0.1, 0.15) is 5.03 Å². The summed E-state index contributed by atoms with van der Waals surface area (Å²) in [5.41, 5.74) is 8.79. The molecule has 0 bridgehead atoms. The van der Waals surface area contributed by atoms with Crippen molar-refractivity contribution in [3.05, 3.63) is 66.6 Å². The number of nitrogens with two attached hydrogens (primary N) is 1. The van der Waals surface area contributed by atoms with E-state index in [1.165, 1.54) is 0 Å². The number of para-hydroxylation sites is 1. The number of hydrogen-bond acceptors (Lipinski definition) is 4. The molecular formula is C15H14N4S. The normalized spacial score (nSPS) is 10.6. The number of nitrogen functional groups attached to an aromatic ring is 1. The molecule has 0 aliphatic rings. The van der Waals surface area contributed by atoms with Crippen LogP contribution in [0.2, 0.25) is 0 Å². The predicted octanol–water partition coefficient (Wildman–Crippen LogP) is 3.14. The maximum atomic E-state index is 5.88. The fraction of sp³-hybridized carbons (Fsp3) is 0.0667. The Kier molecular flexibility index (Phi) is 3.69. The van der Waals surface area contributed by atoms with Gasteiger partial charge in [0, 0.05) is 23.7 Å². The third-order valence-corrected chi connectivity index (χ3v) is 3.93. The van der Waals surface area contributed by atoms with Crippen LogP contribution in [0.5, 0.6) is 0 Å². The minimum Gasteiger partial charge on any atom is -0.397 e. The Morgan fingerprint density at radius 1 is 1.10 bits per heavy atom. The molecule has 4 nitrogen and oxygen atoms in total. The van der Waals surface area contributed by atoms with Crippen LogP contribution in [0.3, 0.4) is 0 Å². The molecule has 3 aromatic rings. The lowest BCUT2D eigenvalue weighted by molar-refractivity contribution is 0.880. The lowest BCUT2D eigenvalue weighted by Crippen LogP contribution is -1.93. The molecule has 0 unspecified atom stereocenters. The van der Waals surface area contributed by atoms with Crippen LogP contribution in [0.25, 0.3) is 5.69 Å². The van der Waals surface area contributed by atoms with Crippen LogP contribution >= 0.6 is 11.8 Å². The molecule has 3 rings (SSSR count). The molecule has 20 heavy (non-hydrogen) atoms. The molecule has 0 atom stereocenters. The summed E-state index contributed by atoms with van der Waals surface area (Å²) in [6.45, 7) is 0. The van der Waals surface area contributed by atoms with Crippen LogP contribution in [0.1, 0.15) is 5.56 Å². The number of aromatic nitrogens is 3. The minimum atomic E-state index is 0.716. The van der Waals surface area contributed by atoms with Crippen molar-refractivity contribution in [1.82, 2.24) is 14.8 Å². The Hall–Kier alpha value is -2.27. The number of rotatable bonds is 4. The highest BCUT2D eigenvalue weighted by molar-refractivity contribution is 7.98. The van der Waals surface area contributed by atoms with Crippen LogP contribution in [-0.2, 0) is 5.75 Å². The van der Waals surface area contributed by atoms with E-state index in [4.69, 9.17) is 5.73 Å². The Bertz CT molecular complexity index is 694. The highest BCUT2D eigenvalue weighted by Crippen LogP contribution is 2.25. The van der Waals surface area contributed by atoms with E-state index in [-0.39, 0.29) is 0 Å². The zero-order valence-corrected chi connectivity index (χ0v) is 11.6. The standard InChI is InChI=1S/C15H14N4S/c16-14-7-4-8-17-15(14)20-11-12-9-18-19(10-12)13-5-2-1-3-6-13/h1-10H,11,16H2. The summed E-state index contributed by atoms with van der Waals surface area (Å²) in [5, 5.41) is 5.23. The third kappa shape index (κ3) is 2.83. The molecule has 0 fully saturated rings. The minimum absolute atomic E-state index is 0.716. The van der Waals surface area contributed by atoms with E-state index < -0.39 is 0 Å². The first kappa shape index (κ1) is 12.7. The average molecular weight is 282 g/mol. The van der Waals surface area contributed by atoms with Crippen molar-refractivity contribution in [3.63, 3.8) is 0 Å². The molecule has 0 saturated carbocycles. The molecule has 0 saturated heterocycles. The Morgan fingerprint density at radius 3 is 2.75 bits per heavy atom.